The number of hydrogen-bond acceptors (Lipinski definition) is 3. The van der Waals surface area contributed by atoms with Crippen molar-refractivity contribution in [3.05, 3.63) is 62.0 Å². The lowest BCUT2D eigenvalue weighted by Gasteiger charge is -2.12. The molecule has 0 bridgehead atoms. The van der Waals surface area contributed by atoms with Gasteiger partial charge >= 0.3 is 0 Å². The van der Waals surface area contributed by atoms with Crippen molar-refractivity contribution < 1.29 is 4.74 Å². The molecular formula is C15H12Br2N2O. The number of nitrogens with zero attached hydrogens (tertiary/aromatic N) is 1. The molecule has 0 aliphatic carbocycles. The first-order valence-electron chi connectivity index (χ1n) is 5.94. The number of ether oxygens (including phenoxy) is 1. The minimum absolute atomic E-state index is 0.435. The average Bonchev–Trinajstić information content (AvgIpc) is 2.46. The molecule has 0 radical (unpaired) electrons. The van der Waals surface area contributed by atoms with Gasteiger partial charge in [0.15, 0.2) is 0 Å². The molecule has 20 heavy (non-hydrogen) atoms. The van der Waals surface area contributed by atoms with Crippen LogP contribution in [0.3, 0.4) is 0 Å². The molecular weight excluding hydrogens is 384 g/mol. The van der Waals surface area contributed by atoms with E-state index < -0.39 is 0 Å². The molecule has 2 N–H and O–H groups in total. The van der Waals surface area contributed by atoms with Gasteiger partial charge in [0, 0.05) is 6.54 Å². The van der Waals surface area contributed by atoms with Crippen molar-refractivity contribution in [1.29, 1.82) is 5.26 Å². The topological polar surface area (TPSA) is 59.0 Å². The minimum atomic E-state index is 0.435. The van der Waals surface area contributed by atoms with E-state index >= 15 is 0 Å². The summed E-state index contributed by atoms with van der Waals surface area (Å²) in [5.74, 6) is 0.742. The second kappa shape index (κ2) is 6.89. The van der Waals surface area contributed by atoms with Gasteiger partial charge in [-0.05, 0) is 67.3 Å². The molecule has 2 aromatic carbocycles. The maximum absolute atomic E-state index is 8.75. The number of halogens is 2. The highest BCUT2D eigenvalue weighted by molar-refractivity contribution is 9.11. The van der Waals surface area contributed by atoms with Gasteiger partial charge in [-0.15, -0.1) is 0 Å². The van der Waals surface area contributed by atoms with Gasteiger partial charge < -0.3 is 10.5 Å². The molecule has 0 saturated carbocycles. The monoisotopic (exact) mass is 394 g/mol. The Morgan fingerprint density at radius 3 is 2.15 bits per heavy atom. The molecule has 102 valence electrons. The van der Waals surface area contributed by atoms with Gasteiger partial charge in [0.1, 0.15) is 12.4 Å². The third kappa shape index (κ3) is 3.60. The van der Waals surface area contributed by atoms with Crippen molar-refractivity contribution in [2.75, 3.05) is 0 Å². The normalized spacial score (nSPS) is 10.1. The molecule has 3 nitrogen and oxygen atoms in total. The molecule has 0 aromatic heterocycles. The predicted octanol–water partition coefficient (Wildman–Crippen LogP) is 4.12. The van der Waals surface area contributed by atoms with Crippen LogP contribution >= 0.6 is 31.9 Å². The van der Waals surface area contributed by atoms with Crippen LogP contribution in [0, 0.1) is 11.3 Å². The quantitative estimate of drug-likeness (QED) is 0.846. The molecule has 2 rings (SSSR count). The minimum Gasteiger partial charge on any atom is -0.487 e. The first-order chi connectivity index (χ1) is 9.63. The zero-order valence-electron chi connectivity index (χ0n) is 10.6. The van der Waals surface area contributed by atoms with E-state index in [0.717, 1.165) is 25.8 Å². The number of nitriles is 1. The SMILES string of the molecule is N#Cc1ccc(COc2c(Br)cc(CN)cc2Br)cc1. The van der Waals surface area contributed by atoms with Gasteiger partial charge in [0.2, 0.25) is 0 Å². The summed E-state index contributed by atoms with van der Waals surface area (Å²) >= 11 is 6.96. The summed E-state index contributed by atoms with van der Waals surface area (Å²) in [5.41, 5.74) is 8.29. The van der Waals surface area contributed by atoms with Crippen LogP contribution in [0.15, 0.2) is 45.3 Å². The highest BCUT2D eigenvalue weighted by atomic mass is 79.9. The van der Waals surface area contributed by atoms with E-state index in [4.69, 9.17) is 15.7 Å². The van der Waals surface area contributed by atoms with Gasteiger partial charge in [0.25, 0.3) is 0 Å². The van der Waals surface area contributed by atoms with Gasteiger partial charge in [-0.1, -0.05) is 12.1 Å². The summed E-state index contributed by atoms with van der Waals surface area (Å²) < 4.78 is 7.53. The van der Waals surface area contributed by atoms with Crippen LogP contribution in [0.2, 0.25) is 0 Å². The lowest BCUT2D eigenvalue weighted by molar-refractivity contribution is 0.302. The van der Waals surface area contributed by atoms with Crippen molar-refractivity contribution in [2.45, 2.75) is 13.2 Å². The van der Waals surface area contributed by atoms with Gasteiger partial charge in [0.05, 0.1) is 20.6 Å². The summed E-state index contributed by atoms with van der Waals surface area (Å²) in [4.78, 5) is 0. The van der Waals surface area contributed by atoms with E-state index in [2.05, 4.69) is 37.9 Å². The van der Waals surface area contributed by atoms with Crippen LogP contribution in [0.1, 0.15) is 16.7 Å². The van der Waals surface area contributed by atoms with Crippen molar-refractivity contribution in [3.8, 4) is 11.8 Å². The van der Waals surface area contributed by atoms with Crippen molar-refractivity contribution in [2.24, 2.45) is 5.73 Å². The van der Waals surface area contributed by atoms with E-state index in [9.17, 15) is 0 Å². The summed E-state index contributed by atoms with van der Waals surface area (Å²) in [6.07, 6.45) is 0. The Labute approximate surface area is 134 Å². The Morgan fingerprint density at radius 1 is 1.05 bits per heavy atom. The fourth-order valence-corrected chi connectivity index (χ4v) is 3.21. The zero-order valence-corrected chi connectivity index (χ0v) is 13.7. The lowest BCUT2D eigenvalue weighted by Crippen LogP contribution is -2.00. The third-order valence-electron chi connectivity index (χ3n) is 2.76. The molecule has 0 unspecified atom stereocenters. The molecule has 0 fully saturated rings. The predicted molar refractivity (Wildman–Crippen MR) is 85.2 cm³/mol. The second-order valence-electron chi connectivity index (χ2n) is 4.19. The molecule has 0 saturated heterocycles. The first kappa shape index (κ1) is 15.0. The Hall–Kier alpha value is -1.35. The zero-order chi connectivity index (χ0) is 14.5. The van der Waals surface area contributed by atoms with E-state index in [1.807, 2.05) is 24.3 Å². The van der Waals surface area contributed by atoms with Crippen LogP contribution in [-0.2, 0) is 13.2 Å². The standard InChI is InChI=1S/C15H12Br2N2O/c16-13-5-12(8-19)6-14(17)15(13)20-9-11-3-1-10(7-18)2-4-11/h1-6H,8-9,19H2. The number of benzene rings is 2. The first-order valence-corrected chi connectivity index (χ1v) is 7.52. The Morgan fingerprint density at radius 2 is 1.65 bits per heavy atom. The Kier molecular flexibility index (Phi) is 5.18. The Balaban J connectivity index is 2.12. The van der Waals surface area contributed by atoms with Crippen LogP contribution in [0.4, 0.5) is 0 Å². The number of nitrogens with two attached hydrogens (primary N) is 1. The maximum atomic E-state index is 8.75. The van der Waals surface area contributed by atoms with Gasteiger partial charge in [-0.25, -0.2) is 0 Å². The average molecular weight is 396 g/mol. The summed E-state index contributed by atoms with van der Waals surface area (Å²) in [6, 6.07) is 13.3. The molecule has 0 heterocycles. The number of hydrogen-bond donors (Lipinski definition) is 1. The van der Waals surface area contributed by atoms with Crippen molar-refractivity contribution in [3.63, 3.8) is 0 Å². The molecule has 2 aromatic rings. The largest absolute Gasteiger partial charge is 0.487 e. The molecule has 0 spiro atoms. The molecule has 0 atom stereocenters. The summed E-state index contributed by atoms with van der Waals surface area (Å²) in [5, 5.41) is 8.75. The summed E-state index contributed by atoms with van der Waals surface area (Å²) in [7, 11) is 0. The number of rotatable bonds is 4. The van der Waals surface area contributed by atoms with Crippen molar-refractivity contribution >= 4 is 31.9 Å². The fourth-order valence-electron chi connectivity index (χ4n) is 1.70. The van der Waals surface area contributed by atoms with E-state index in [0.29, 0.717) is 18.7 Å². The molecule has 0 aliphatic rings. The fraction of sp³-hybridized carbons (Fsp3) is 0.133. The second-order valence-corrected chi connectivity index (χ2v) is 5.90. The highest BCUT2D eigenvalue weighted by Crippen LogP contribution is 2.35. The molecule has 0 amide bonds. The lowest BCUT2D eigenvalue weighted by atomic mass is 10.1. The van der Waals surface area contributed by atoms with E-state index in [1.165, 1.54) is 0 Å². The van der Waals surface area contributed by atoms with Gasteiger partial charge in [-0.2, -0.15) is 5.26 Å². The van der Waals surface area contributed by atoms with Crippen LogP contribution in [0.5, 0.6) is 5.75 Å². The van der Waals surface area contributed by atoms with Crippen LogP contribution in [-0.4, -0.2) is 0 Å². The van der Waals surface area contributed by atoms with Crippen molar-refractivity contribution in [1.82, 2.24) is 0 Å². The van der Waals surface area contributed by atoms with Crippen LogP contribution in [0.25, 0.3) is 0 Å². The smallest absolute Gasteiger partial charge is 0.148 e. The molecule has 5 heteroatoms. The Bertz CT molecular complexity index is 625. The molecule has 0 aliphatic heterocycles. The summed E-state index contributed by atoms with van der Waals surface area (Å²) in [6.45, 7) is 0.915. The highest BCUT2D eigenvalue weighted by Gasteiger charge is 2.09. The maximum Gasteiger partial charge on any atom is 0.148 e. The van der Waals surface area contributed by atoms with E-state index in [-0.39, 0.29) is 0 Å². The third-order valence-corrected chi connectivity index (χ3v) is 3.94. The van der Waals surface area contributed by atoms with Gasteiger partial charge in [-0.3, -0.25) is 0 Å². The van der Waals surface area contributed by atoms with Crippen LogP contribution < -0.4 is 10.5 Å². The van der Waals surface area contributed by atoms with E-state index in [1.54, 1.807) is 12.1 Å².